The summed E-state index contributed by atoms with van der Waals surface area (Å²) in [6.45, 7) is 3.75. The van der Waals surface area contributed by atoms with Gasteiger partial charge in [-0.25, -0.2) is 4.79 Å². The van der Waals surface area contributed by atoms with Gasteiger partial charge in [-0.15, -0.1) is 0 Å². The van der Waals surface area contributed by atoms with E-state index >= 15 is 0 Å². The van der Waals surface area contributed by atoms with Crippen LogP contribution in [0.3, 0.4) is 0 Å². The molecule has 1 atom stereocenters. The molecule has 0 saturated heterocycles. The zero-order valence-electron chi connectivity index (χ0n) is 14.2. The van der Waals surface area contributed by atoms with E-state index in [0.29, 0.717) is 11.5 Å². The zero-order valence-corrected chi connectivity index (χ0v) is 14.2. The highest BCUT2D eigenvalue weighted by molar-refractivity contribution is 6.07. The molecule has 0 spiro atoms. The second kappa shape index (κ2) is 6.59. The van der Waals surface area contributed by atoms with Crippen LogP contribution in [0.2, 0.25) is 0 Å². The number of pyridine rings is 1. The van der Waals surface area contributed by atoms with Crippen LogP contribution in [0.15, 0.2) is 30.3 Å². The van der Waals surface area contributed by atoms with Gasteiger partial charge in [0, 0.05) is 17.0 Å². The van der Waals surface area contributed by atoms with Gasteiger partial charge in [-0.05, 0) is 30.9 Å². The highest BCUT2D eigenvalue weighted by Crippen LogP contribution is 2.40. The maximum Gasteiger partial charge on any atom is 0.328 e. The van der Waals surface area contributed by atoms with E-state index in [2.05, 4.69) is 10.3 Å². The van der Waals surface area contributed by atoms with Crippen molar-refractivity contribution in [3.05, 3.63) is 41.6 Å². The highest BCUT2D eigenvalue weighted by Gasteiger charge is 2.29. The number of carbonyl (C=O) groups excluding carboxylic acids is 2. The molecule has 1 aromatic heterocycles. The van der Waals surface area contributed by atoms with Gasteiger partial charge >= 0.3 is 5.97 Å². The molecule has 1 heterocycles. The molecular formula is C19H22N2O3. The fourth-order valence-corrected chi connectivity index (χ4v) is 2.82. The van der Waals surface area contributed by atoms with Crippen LogP contribution in [0.4, 0.5) is 0 Å². The third kappa shape index (κ3) is 3.25. The number of aromatic nitrogens is 1. The minimum absolute atomic E-state index is 0.0580. The number of methoxy groups -OCH3 is 1. The normalized spacial score (nSPS) is 15.3. The van der Waals surface area contributed by atoms with Crippen molar-refractivity contribution in [2.24, 2.45) is 5.92 Å². The topological polar surface area (TPSA) is 68.3 Å². The third-order valence-electron chi connectivity index (χ3n) is 4.38. The van der Waals surface area contributed by atoms with E-state index < -0.39 is 12.0 Å². The van der Waals surface area contributed by atoms with Crippen molar-refractivity contribution in [1.82, 2.24) is 10.3 Å². The summed E-state index contributed by atoms with van der Waals surface area (Å²) in [5.41, 5.74) is 2.33. The second-order valence-corrected chi connectivity index (χ2v) is 6.60. The summed E-state index contributed by atoms with van der Waals surface area (Å²) in [6.07, 6.45) is 2.23. The van der Waals surface area contributed by atoms with Crippen LogP contribution in [0.1, 0.15) is 48.7 Å². The van der Waals surface area contributed by atoms with Crippen molar-refractivity contribution in [3.63, 3.8) is 0 Å². The van der Waals surface area contributed by atoms with E-state index in [-0.39, 0.29) is 11.8 Å². The monoisotopic (exact) mass is 326 g/mol. The first-order valence-corrected chi connectivity index (χ1v) is 8.29. The Bertz CT molecular complexity index is 781. The molecule has 5 heteroatoms. The summed E-state index contributed by atoms with van der Waals surface area (Å²) in [7, 11) is 1.33. The van der Waals surface area contributed by atoms with Crippen LogP contribution in [0, 0.1) is 5.92 Å². The van der Waals surface area contributed by atoms with Gasteiger partial charge < -0.3 is 10.1 Å². The third-order valence-corrected chi connectivity index (χ3v) is 4.38. The maximum atomic E-state index is 12.8. The number of carbonyl (C=O) groups is 2. The van der Waals surface area contributed by atoms with Gasteiger partial charge in [-0.1, -0.05) is 32.0 Å². The molecule has 126 valence electrons. The van der Waals surface area contributed by atoms with E-state index in [1.807, 2.05) is 44.2 Å². The molecule has 1 aliphatic rings. The lowest BCUT2D eigenvalue weighted by atomic mass is 10.0. The number of para-hydroxylation sites is 1. The van der Waals surface area contributed by atoms with Crippen LogP contribution in [0.5, 0.6) is 0 Å². The number of nitrogens with zero attached hydrogens (tertiary/aromatic N) is 1. The Morgan fingerprint density at radius 2 is 1.96 bits per heavy atom. The highest BCUT2D eigenvalue weighted by atomic mass is 16.5. The number of rotatable bonds is 5. The van der Waals surface area contributed by atoms with Gasteiger partial charge in [0.05, 0.1) is 18.2 Å². The van der Waals surface area contributed by atoms with Gasteiger partial charge in [-0.2, -0.15) is 0 Å². The van der Waals surface area contributed by atoms with Crippen molar-refractivity contribution in [2.75, 3.05) is 7.11 Å². The molecule has 3 rings (SSSR count). The lowest BCUT2D eigenvalue weighted by molar-refractivity contribution is -0.144. The largest absolute Gasteiger partial charge is 0.467 e. The van der Waals surface area contributed by atoms with Gasteiger partial charge in [0.15, 0.2) is 0 Å². The number of esters is 1. The number of fused-ring (bicyclic) bond motifs is 1. The Balaban J connectivity index is 1.98. The molecule has 1 aliphatic carbocycles. The lowest BCUT2D eigenvalue weighted by Gasteiger charge is -2.20. The number of nitrogens with one attached hydrogen (secondary N) is 1. The quantitative estimate of drug-likeness (QED) is 0.858. The Labute approximate surface area is 141 Å². The molecule has 1 saturated carbocycles. The van der Waals surface area contributed by atoms with Crippen LogP contribution in [-0.2, 0) is 9.53 Å². The SMILES string of the molecule is COC(=O)C(NC(=O)c1cc(C2CC2)nc2ccccc12)C(C)C. The fourth-order valence-electron chi connectivity index (χ4n) is 2.82. The standard InChI is InChI=1S/C19H22N2O3/c1-11(2)17(19(23)24-3)21-18(22)14-10-16(12-8-9-12)20-15-7-5-4-6-13(14)15/h4-7,10-12,17H,8-9H2,1-3H3,(H,21,22). The zero-order chi connectivity index (χ0) is 17.3. The predicted octanol–water partition coefficient (Wildman–Crippen LogP) is 3.04. The molecular weight excluding hydrogens is 304 g/mol. The molecule has 0 aliphatic heterocycles. The molecule has 0 bridgehead atoms. The van der Waals surface area contributed by atoms with Crippen LogP contribution >= 0.6 is 0 Å². The maximum absolute atomic E-state index is 12.8. The Morgan fingerprint density at radius 1 is 1.25 bits per heavy atom. The smallest absolute Gasteiger partial charge is 0.328 e. The van der Waals surface area contributed by atoms with Crippen molar-refractivity contribution in [2.45, 2.75) is 38.6 Å². The summed E-state index contributed by atoms with van der Waals surface area (Å²) in [5.74, 6) is -0.307. The summed E-state index contributed by atoms with van der Waals surface area (Å²) < 4.78 is 4.80. The minimum atomic E-state index is -0.668. The van der Waals surface area contributed by atoms with Crippen molar-refractivity contribution >= 4 is 22.8 Å². The first kappa shape index (κ1) is 16.4. The molecule has 1 N–H and O–H groups in total. The summed E-state index contributed by atoms with van der Waals surface area (Å²) in [4.78, 5) is 29.4. The van der Waals surface area contributed by atoms with Gasteiger partial charge in [0.25, 0.3) is 5.91 Å². The van der Waals surface area contributed by atoms with Gasteiger partial charge in [0.1, 0.15) is 6.04 Å². The Morgan fingerprint density at radius 3 is 2.58 bits per heavy atom. The van der Waals surface area contributed by atoms with E-state index in [1.165, 1.54) is 7.11 Å². The van der Waals surface area contributed by atoms with E-state index in [0.717, 1.165) is 29.4 Å². The number of hydrogen-bond donors (Lipinski definition) is 1. The summed E-state index contributed by atoms with van der Waals surface area (Å²) in [5, 5.41) is 3.62. The first-order valence-electron chi connectivity index (χ1n) is 8.29. The summed E-state index contributed by atoms with van der Waals surface area (Å²) >= 11 is 0. The van der Waals surface area contributed by atoms with Crippen molar-refractivity contribution < 1.29 is 14.3 Å². The first-order chi connectivity index (χ1) is 11.5. The van der Waals surface area contributed by atoms with Crippen molar-refractivity contribution in [3.8, 4) is 0 Å². The van der Waals surface area contributed by atoms with E-state index in [1.54, 1.807) is 0 Å². The minimum Gasteiger partial charge on any atom is -0.467 e. The molecule has 5 nitrogen and oxygen atoms in total. The van der Waals surface area contributed by atoms with Crippen LogP contribution < -0.4 is 5.32 Å². The molecule has 24 heavy (non-hydrogen) atoms. The lowest BCUT2D eigenvalue weighted by Crippen LogP contribution is -2.45. The molecule has 0 radical (unpaired) electrons. The number of ether oxygens (including phenoxy) is 1. The van der Waals surface area contributed by atoms with E-state index in [9.17, 15) is 9.59 Å². The van der Waals surface area contributed by atoms with E-state index in [4.69, 9.17) is 4.74 Å². The number of hydrogen-bond acceptors (Lipinski definition) is 4. The second-order valence-electron chi connectivity index (χ2n) is 6.60. The summed E-state index contributed by atoms with van der Waals surface area (Å²) in [6, 6.07) is 8.80. The molecule has 2 aromatic rings. The number of amides is 1. The average Bonchev–Trinajstić information content (AvgIpc) is 3.42. The van der Waals surface area contributed by atoms with Crippen LogP contribution in [0.25, 0.3) is 10.9 Å². The molecule has 1 aromatic carbocycles. The Kier molecular flexibility index (Phi) is 4.51. The predicted molar refractivity (Wildman–Crippen MR) is 91.8 cm³/mol. The number of benzene rings is 1. The van der Waals surface area contributed by atoms with Crippen molar-refractivity contribution in [1.29, 1.82) is 0 Å². The molecule has 1 unspecified atom stereocenters. The fraction of sp³-hybridized carbons (Fsp3) is 0.421. The molecule has 1 fully saturated rings. The van der Waals surface area contributed by atoms with Crippen LogP contribution in [-0.4, -0.2) is 30.0 Å². The average molecular weight is 326 g/mol. The van der Waals surface area contributed by atoms with Gasteiger partial charge in [0.2, 0.25) is 0 Å². The van der Waals surface area contributed by atoms with Gasteiger partial charge in [-0.3, -0.25) is 9.78 Å². The Hall–Kier alpha value is -2.43. The molecule has 1 amide bonds.